The second-order valence-corrected chi connectivity index (χ2v) is 29.9. The van der Waals surface area contributed by atoms with Crippen LogP contribution in [0.15, 0.2) is 249 Å². The SMILES string of the molecule is CC(=O)OC1Oc2ccccc2C1=O.CC1(C)Oc2ccccc2C1=O.Cc1cc(C)c2c(c1)C(=O)C(C)O2.Cc1ccc2c(c1)C(=O)C(C)O2.O=C(O)CC1Oc2ccc(Cl)cc2C1=O.O=C(c1ccccc1)C1Oc2ccccc2C1=O.O=C1COc2c1ccc1ccccc21.O=C1COc2cc3ccccc3cc21.O=C1c2ccccc2OC1O. The molecule has 622 valence electrons. The molecule has 6 unspecified atom stereocenters. The van der Waals surface area contributed by atoms with E-state index >= 15 is 0 Å². The first-order chi connectivity index (χ1) is 58.9. The number of hydrogen-bond acceptors (Lipinski definition) is 23. The number of halogens is 1. The van der Waals surface area contributed by atoms with Gasteiger partial charge in [-0.15, -0.1) is 0 Å². The fraction of sp³-hybridized carbons (Fsp3) is 0.184. The minimum Gasteiger partial charge on any atom is -0.485 e. The van der Waals surface area contributed by atoms with E-state index in [2.05, 4.69) is 0 Å². The lowest BCUT2D eigenvalue weighted by atomic mass is 10.0. The summed E-state index contributed by atoms with van der Waals surface area (Å²) >= 11 is 5.72. The highest BCUT2D eigenvalue weighted by atomic mass is 35.5. The van der Waals surface area contributed by atoms with Crippen LogP contribution in [0.4, 0.5) is 0 Å². The van der Waals surface area contributed by atoms with Crippen molar-refractivity contribution in [2.45, 2.75) is 104 Å². The van der Waals surface area contributed by atoms with Gasteiger partial charge in [-0.2, -0.15) is 0 Å². The average Bonchev–Trinajstić information content (AvgIpc) is 1.65. The maximum Gasteiger partial charge on any atom is 0.308 e. The summed E-state index contributed by atoms with van der Waals surface area (Å²) in [5.74, 6) is 2.72. The van der Waals surface area contributed by atoms with Crippen LogP contribution in [0.2, 0.25) is 5.02 Å². The molecule has 2 N–H and O–H groups in total. The number of Topliss-reactive ketones (excluding diaryl/α,β-unsaturated/α-hetero) is 10. The fourth-order valence-corrected chi connectivity index (χ4v) is 14.2. The Kier molecular flexibility index (Phi) is 26.1. The zero-order chi connectivity index (χ0) is 87.7. The van der Waals surface area contributed by atoms with Gasteiger partial charge in [-0.05, 0) is 179 Å². The largest absolute Gasteiger partial charge is 0.485 e. The smallest absolute Gasteiger partial charge is 0.308 e. The first-order valence-electron chi connectivity index (χ1n) is 38.8. The molecule has 21 rings (SSSR count). The molecule has 6 atom stereocenters. The van der Waals surface area contributed by atoms with Crippen molar-refractivity contribution in [1.82, 2.24) is 0 Å². The van der Waals surface area contributed by atoms with Crippen molar-refractivity contribution in [3.63, 3.8) is 0 Å². The molecule has 0 radical (unpaired) electrons. The van der Waals surface area contributed by atoms with E-state index in [-0.39, 0.29) is 89.7 Å². The zero-order valence-corrected chi connectivity index (χ0v) is 68.3. The zero-order valence-electron chi connectivity index (χ0n) is 67.5. The Morgan fingerprint density at radius 1 is 0.423 bits per heavy atom. The standard InChI is InChI=1S/C15H10O3.2C12H8O2.C11H12O2.C10H7ClO4.C10H8O4.2C10H10O2.C8H6O3/c16-13(10-6-2-1-3-7-10)15-14(17)11-8-4-5-9-12(11)18-15;13-11-7-14-12-6-9-4-2-1-3-8(9)5-10(11)12;13-11-7-14-12-9-4-2-1-3-8(9)5-6-10(11)12;1-6-4-7(2)11-9(5-6)10(12)8(3)13-11;11-5-1-2-7-6(3-5)10(14)8(15-7)4-9(12)13;1-6(11)13-10-9(12)7-4-2-3-5-8(7)14-10;1-6-3-4-9-8(5-6)10(11)7(2)12-9;1-10(2)9(11)7-5-3-4-6-8(7)12-10;9-7-5-3-1-2-4-6(5)11-8(7)10/h1-9,15H;2*1-6H,7H2;4-5,8H,1-3H3;1-3,8H,4H2,(H,12,13);2-5,10H,1H3;3-5,7H,1-2H3;3-6H,1-2H3;1-4,8,10H. The van der Waals surface area contributed by atoms with Crippen molar-refractivity contribution >= 4 is 103 Å². The van der Waals surface area contributed by atoms with E-state index in [9.17, 15) is 57.5 Å². The van der Waals surface area contributed by atoms with Crippen molar-refractivity contribution in [2.24, 2.45) is 0 Å². The van der Waals surface area contributed by atoms with E-state index < -0.39 is 42.3 Å². The molecule has 25 heteroatoms. The molecule has 0 amide bonds. The number of esters is 1. The molecule has 123 heavy (non-hydrogen) atoms. The third-order valence-corrected chi connectivity index (χ3v) is 20.3. The highest BCUT2D eigenvalue weighted by molar-refractivity contribution is 6.31. The summed E-state index contributed by atoms with van der Waals surface area (Å²) < 4.78 is 52.2. The number of hydrogen-bond donors (Lipinski definition) is 2. The van der Waals surface area contributed by atoms with Crippen LogP contribution in [0.5, 0.6) is 51.7 Å². The van der Waals surface area contributed by atoms with Gasteiger partial charge in [0, 0.05) is 22.9 Å². The lowest BCUT2D eigenvalue weighted by molar-refractivity contribution is -0.154. The lowest BCUT2D eigenvalue weighted by Crippen LogP contribution is -2.31. The first kappa shape index (κ1) is 86.1. The Labute approximate surface area is 709 Å². The predicted molar refractivity (Wildman–Crippen MR) is 452 cm³/mol. The van der Waals surface area contributed by atoms with Gasteiger partial charge in [-0.25, -0.2) is 0 Å². The van der Waals surface area contributed by atoms with Crippen LogP contribution in [0, 0.1) is 20.8 Å². The Hall–Kier alpha value is -14.8. The van der Waals surface area contributed by atoms with E-state index in [1.54, 1.807) is 143 Å². The second kappa shape index (κ2) is 37.3. The predicted octanol–water partition coefficient (Wildman–Crippen LogP) is 17.1. The maximum atomic E-state index is 12.2. The van der Waals surface area contributed by atoms with Gasteiger partial charge in [0.25, 0.3) is 6.29 Å². The maximum absolute atomic E-state index is 12.2. The summed E-state index contributed by atoms with van der Waals surface area (Å²) in [6, 6.07) is 74.3. The first-order valence-corrected chi connectivity index (χ1v) is 39.2. The summed E-state index contributed by atoms with van der Waals surface area (Å²) in [6.07, 6.45) is -5.30. The molecule has 9 aliphatic rings. The van der Waals surface area contributed by atoms with Crippen LogP contribution in [-0.2, 0) is 14.3 Å². The minimum absolute atomic E-state index is 0.0677. The Morgan fingerprint density at radius 2 is 0.943 bits per heavy atom. The van der Waals surface area contributed by atoms with Crippen molar-refractivity contribution in [3.8, 4) is 51.7 Å². The van der Waals surface area contributed by atoms with Crippen molar-refractivity contribution in [1.29, 1.82) is 0 Å². The van der Waals surface area contributed by atoms with Gasteiger partial charge in [0.1, 0.15) is 51.7 Å². The van der Waals surface area contributed by atoms with Crippen LogP contribution in [0.25, 0.3) is 21.5 Å². The van der Waals surface area contributed by atoms with E-state index in [1.165, 1.54) is 13.0 Å². The van der Waals surface area contributed by atoms with Crippen LogP contribution in [0.1, 0.15) is 161 Å². The molecular formula is C98H79ClO24. The number of aliphatic carboxylic acids is 1. The van der Waals surface area contributed by atoms with Crippen LogP contribution in [-0.4, -0.2) is 136 Å². The number of carboxylic acids is 1. The monoisotopic (exact) mass is 1670 g/mol. The van der Waals surface area contributed by atoms with Crippen LogP contribution < -0.4 is 42.6 Å². The lowest BCUT2D eigenvalue weighted by Gasteiger charge is -2.14. The van der Waals surface area contributed by atoms with Crippen molar-refractivity contribution in [3.05, 3.63) is 326 Å². The second-order valence-electron chi connectivity index (χ2n) is 29.5. The van der Waals surface area contributed by atoms with Gasteiger partial charge >= 0.3 is 18.2 Å². The van der Waals surface area contributed by atoms with Gasteiger partial charge < -0.3 is 57.6 Å². The summed E-state index contributed by atoms with van der Waals surface area (Å²) in [5.41, 5.74) is 8.41. The van der Waals surface area contributed by atoms with Gasteiger partial charge in [0.05, 0.1) is 56.5 Å². The molecule has 9 aliphatic heterocycles. The molecule has 0 fully saturated rings. The molecule has 0 aromatic heterocycles. The van der Waals surface area contributed by atoms with Crippen molar-refractivity contribution in [2.75, 3.05) is 13.2 Å². The average molecular weight is 1680 g/mol. The molecule has 0 aliphatic carbocycles. The number of carbonyl (C=O) groups is 12. The molecule has 0 bridgehead atoms. The summed E-state index contributed by atoms with van der Waals surface area (Å²) in [4.78, 5) is 137. The number of aliphatic hydroxyl groups is 1. The molecule has 0 saturated heterocycles. The highest BCUT2D eigenvalue weighted by Gasteiger charge is 2.41. The van der Waals surface area contributed by atoms with Gasteiger partial charge in [0.2, 0.25) is 63.9 Å². The number of carboxylic acid groups (broad SMARTS) is 1. The number of benzene rings is 12. The highest BCUT2D eigenvalue weighted by Crippen LogP contribution is 2.39. The van der Waals surface area contributed by atoms with Crippen molar-refractivity contribution < 1.29 is 115 Å². The van der Waals surface area contributed by atoms with Crippen LogP contribution in [0.3, 0.4) is 0 Å². The third-order valence-electron chi connectivity index (χ3n) is 20.0. The number of ketones is 10. The number of rotatable bonds is 5. The number of fused-ring (bicyclic) bond motifs is 12. The summed E-state index contributed by atoms with van der Waals surface area (Å²) in [6.45, 7) is 14.7. The summed E-state index contributed by atoms with van der Waals surface area (Å²) in [7, 11) is 0. The molecule has 12 aromatic carbocycles. The summed E-state index contributed by atoms with van der Waals surface area (Å²) in [5, 5.41) is 22.3. The van der Waals surface area contributed by atoms with E-state index in [4.69, 9.17) is 69.2 Å². The van der Waals surface area contributed by atoms with Gasteiger partial charge in [-0.3, -0.25) is 57.5 Å². The topological polar surface area (TPSA) is 338 Å². The third kappa shape index (κ3) is 19.4. The number of carbonyl (C=O) groups excluding carboxylic acids is 11. The van der Waals surface area contributed by atoms with E-state index in [0.717, 1.165) is 66.6 Å². The minimum atomic E-state index is -1.30. The Balaban J connectivity index is 0.000000119. The molecule has 0 spiro atoms. The molecular weight excluding hydrogens is 1600 g/mol. The Bertz CT molecular complexity index is 6230. The number of para-hydroxylation sites is 4. The normalized spacial score (nSPS) is 17.9. The van der Waals surface area contributed by atoms with E-state index in [0.29, 0.717) is 84.0 Å². The number of ether oxygens (including phenoxy) is 10. The van der Waals surface area contributed by atoms with Crippen LogP contribution >= 0.6 is 11.6 Å². The van der Waals surface area contributed by atoms with Gasteiger partial charge in [-0.1, -0.05) is 163 Å². The van der Waals surface area contributed by atoms with Gasteiger partial charge in [0.15, 0.2) is 37.1 Å². The molecule has 9 heterocycles. The molecule has 0 saturated carbocycles. The molecule has 24 nitrogen and oxygen atoms in total. The van der Waals surface area contributed by atoms with E-state index in [1.807, 2.05) is 148 Å². The Morgan fingerprint density at radius 3 is 1.59 bits per heavy atom. The quantitative estimate of drug-likeness (QED) is 0.0918. The number of aliphatic hydroxyl groups excluding tert-OH is 1. The fourth-order valence-electron chi connectivity index (χ4n) is 14.0. The molecule has 12 aromatic rings. The number of aryl methyl sites for hydroxylation is 3.